The average molecular weight is 342 g/mol. The number of para-hydroxylation sites is 1. The Hall–Kier alpha value is -3.35. The van der Waals surface area contributed by atoms with Gasteiger partial charge < -0.3 is 15.2 Å². The third kappa shape index (κ3) is 6.34. The maximum Gasteiger partial charge on any atom is 0.344 e. The molecule has 0 aliphatic rings. The number of nitrogens with two attached hydrogens (primary N) is 1. The molecule has 0 fully saturated rings. The lowest BCUT2D eigenvalue weighted by Gasteiger charge is -2.11. The maximum atomic E-state index is 11.6. The van der Waals surface area contributed by atoms with Gasteiger partial charge in [0.05, 0.1) is 0 Å². The summed E-state index contributed by atoms with van der Waals surface area (Å²) in [7, 11) is 0. The molecule has 0 saturated carbocycles. The van der Waals surface area contributed by atoms with Gasteiger partial charge in [0.25, 0.3) is 5.91 Å². The lowest BCUT2D eigenvalue weighted by Crippen LogP contribution is -2.38. The third-order valence-electron chi connectivity index (χ3n) is 3.18. The summed E-state index contributed by atoms with van der Waals surface area (Å²) < 4.78 is 10.2. The van der Waals surface area contributed by atoms with Crippen molar-refractivity contribution >= 4 is 17.9 Å². The van der Waals surface area contributed by atoms with E-state index in [1.807, 2.05) is 42.5 Å². The number of primary amides is 1. The van der Waals surface area contributed by atoms with Gasteiger partial charge in [-0.2, -0.15) is 0 Å². The van der Waals surface area contributed by atoms with Crippen molar-refractivity contribution in [3.05, 3.63) is 65.7 Å². The van der Waals surface area contributed by atoms with Crippen LogP contribution in [0.5, 0.6) is 5.75 Å². The second kappa shape index (κ2) is 9.07. The first kappa shape index (κ1) is 18.0. The van der Waals surface area contributed by atoms with Crippen LogP contribution in [0.1, 0.15) is 11.1 Å². The normalized spacial score (nSPS) is 9.92. The molecule has 0 spiro atoms. The molecule has 2 aromatic carbocycles. The molecule has 0 atom stereocenters. The van der Waals surface area contributed by atoms with Crippen LogP contribution in [0.25, 0.3) is 0 Å². The molecule has 0 aromatic heterocycles. The monoisotopic (exact) mass is 342 g/mol. The smallest absolute Gasteiger partial charge is 0.344 e. The molecule has 0 unspecified atom stereocenters. The van der Waals surface area contributed by atoms with Gasteiger partial charge in [-0.3, -0.25) is 10.1 Å². The Labute approximate surface area is 144 Å². The lowest BCUT2D eigenvalue weighted by molar-refractivity contribution is -0.150. The number of benzene rings is 2. The summed E-state index contributed by atoms with van der Waals surface area (Å²) in [4.78, 5) is 33.3. The molecule has 2 rings (SSSR count). The average Bonchev–Trinajstić information content (AvgIpc) is 2.59. The fourth-order valence-electron chi connectivity index (χ4n) is 2.10. The summed E-state index contributed by atoms with van der Waals surface area (Å²) in [6.07, 6.45) is 0.660. The van der Waals surface area contributed by atoms with Crippen molar-refractivity contribution in [3.63, 3.8) is 0 Å². The fourth-order valence-corrected chi connectivity index (χ4v) is 2.10. The van der Waals surface area contributed by atoms with Crippen LogP contribution < -0.4 is 15.8 Å². The van der Waals surface area contributed by atoms with Gasteiger partial charge in [-0.05, 0) is 17.2 Å². The molecule has 2 aromatic rings. The highest BCUT2D eigenvalue weighted by Crippen LogP contribution is 2.21. The zero-order chi connectivity index (χ0) is 18.1. The summed E-state index contributed by atoms with van der Waals surface area (Å²) in [6.45, 7) is -0.952. The number of urea groups is 1. The first-order valence-electron chi connectivity index (χ1n) is 7.54. The minimum absolute atomic E-state index is 0.352. The molecule has 7 nitrogen and oxygen atoms in total. The predicted octanol–water partition coefficient (Wildman–Crippen LogP) is 1.39. The topological polar surface area (TPSA) is 108 Å². The number of imide groups is 1. The van der Waals surface area contributed by atoms with Gasteiger partial charge in [0.15, 0.2) is 13.2 Å². The third-order valence-corrected chi connectivity index (χ3v) is 3.18. The van der Waals surface area contributed by atoms with Crippen molar-refractivity contribution in [3.8, 4) is 5.75 Å². The molecular weight excluding hydrogens is 324 g/mol. The molecule has 130 valence electrons. The van der Waals surface area contributed by atoms with Crippen molar-refractivity contribution in [2.45, 2.75) is 6.42 Å². The fraction of sp³-hybridized carbons (Fsp3) is 0.167. The predicted molar refractivity (Wildman–Crippen MR) is 89.9 cm³/mol. The molecule has 0 aliphatic heterocycles. The van der Waals surface area contributed by atoms with Gasteiger partial charge in [-0.15, -0.1) is 0 Å². The number of nitrogens with one attached hydrogen (secondary N) is 1. The van der Waals surface area contributed by atoms with Crippen molar-refractivity contribution in [2.75, 3.05) is 13.2 Å². The summed E-state index contributed by atoms with van der Waals surface area (Å²) in [5, 5.41) is 1.79. The van der Waals surface area contributed by atoms with E-state index in [4.69, 9.17) is 15.2 Å². The molecule has 0 radical (unpaired) electrons. The van der Waals surface area contributed by atoms with Gasteiger partial charge in [0.2, 0.25) is 0 Å². The molecule has 3 amide bonds. The Bertz CT molecular complexity index is 746. The van der Waals surface area contributed by atoms with E-state index in [0.29, 0.717) is 12.2 Å². The molecule has 0 aliphatic carbocycles. The number of hydrogen-bond donors (Lipinski definition) is 2. The molecular formula is C18H18N2O5. The Morgan fingerprint density at radius 2 is 1.60 bits per heavy atom. The standard InChI is InChI=1S/C18H18N2O5/c19-18(23)20-16(21)11-25-17(22)12-24-15-9-5-4-8-14(15)10-13-6-2-1-3-7-13/h1-9H,10-12H2,(H3,19,20,21,23). The molecule has 7 heteroatoms. The van der Waals surface area contributed by atoms with E-state index in [9.17, 15) is 14.4 Å². The number of carbonyl (C=O) groups excluding carboxylic acids is 3. The van der Waals surface area contributed by atoms with E-state index < -0.39 is 24.5 Å². The Kier molecular flexibility index (Phi) is 6.53. The Morgan fingerprint density at radius 1 is 0.920 bits per heavy atom. The number of hydrogen-bond acceptors (Lipinski definition) is 5. The summed E-state index contributed by atoms with van der Waals surface area (Å²) in [5.74, 6) is -0.968. The number of carbonyl (C=O) groups is 3. The van der Waals surface area contributed by atoms with Crippen molar-refractivity contribution in [1.82, 2.24) is 5.32 Å². The van der Waals surface area contributed by atoms with E-state index in [1.165, 1.54) is 0 Å². The van der Waals surface area contributed by atoms with Gasteiger partial charge in [0.1, 0.15) is 5.75 Å². The largest absolute Gasteiger partial charge is 0.482 e. The maximum absolute atomic E-state index is 11.6. The van der Waals surface area contributed by atoms with Crippen LogP contribution in [0.2, 0.25) is 0 Å². The lowest BCUT2D eigenvalue weighted by atomic mass is 10.0. The SMILES string of the molecule is NC(=O)NC(=O)COC(=O)COc1ccccc1Cc1ccccc1. The van der Waals surface area contributed by atoms with Crippen LogP contribution in [0, 0.1) is 0 Å². The van der Waals surface area contributed by atoms with E-state index in [0.717, 1.165) is 11.1 Å². The summed E-state index contributed by atoms with van der Waals surface area (Å²) >= 11 is 0. The number of rotatable bonds is 7. The van der Waals surface area contributed by atoms with E-state index in [1.54, 1.807) is 17.4 Å². The Morgan fingerprint density at radius 3 is 2.32 bits per heavy atom. The van der Waals surface area contributed by atoms with Crippen LogP contribution in [0.15, 0.2) is 54.6 Å². The van der Waals surface area contributed by atoms with Crippen molar-refractivity contribution in [2.24, 2.45) is 5.73 Å². The zero-order valence-electron chi connectivity index (χ0n) is 13.4. The van der Waals surface area contributed by atoms with E-state index >= 15 is 0 Å². The van der Waals surface area contributed by atoms with Crippen LogP contribution in [0.3, 0.4) is 0 Å². The second-order valence-electron chi connectivity index (χ2n) is 5.13. The minimum atomic E-state index is -1.01. The molecule has 3 N–H and O–H groups in total. The molecule has 0 saturated heterocycles. The second-order valence-corrected chi connectivity index (χ2v) is 5.13. The van der Waals surface area contributed by atoms with E-state index in [-0.39, 0.29) is 6.61 Å². The van der Waals surface area contributed by atoms with Crippen LogP contribution in [0.4, 0.5) is 4.79 Å². The van der Waals surface area contributed by atoms with Crippen LogP contribution >= 0.6 is 0 Å². The zero-order valence-corrected chi connectivity index (χ0v) is 13.4. The molecule has 0 heterocycles. The van der Waals surface area contributed by atoms with E-state index in [2.05, 4.69) is 0 Å². The number of ether oxygens (including phenoxy) is 2. The summed E-state index contributed by atoms with van der Waals surface area (Å²) in [6, 6.07) is 16.2. The highest BCUT2D eigenvalue weighted by Gasteiger charge is 2.11. The van der Waals surface area contributed by atoms with Crippen LogP contribution in [-0.2, 0) is 20.7 Å². The van der Waals surface area contributed by atoms with Gasteiger partial charge in [0, 0.05) is 6.42 Å². The first-order chi connectivity index (χ1) is 12.0. The van der Waals surface area contributed by atoms with Crippen molar-refractivity contribution in [1.29, 1.82) is 0 Å². The quantitative estimate of drug-likeness (QED) is 0.739. The van der Waals surface area contributed by atoms with Crippen LogP contribution in [-0.4, -0.2) is 31.1 Å². The highest BCUT2D eigenvalue weighted by molar-refractivity contribution is 5.94. The number of amides is 3. The van der Waals surface area contributed by atoms with Gasteiger partial charge in [-0.25, -0.2) is 9.59 Å². The molecule has 25 heavy (non-hydrogen) atoms. The van der Waals surface area contributed by atoms with Gasteiger partial charge in [-0.1, -0.05) is 48.5 Å². The highest BCUT2D eigenvalue weighted by atomic mass is 16.6. The summed E-state index contributed by atoms with van der Waals surface area (Å²) in [5.41, 5.74) is 6.82. The van der Waals surface area contributed by atoms with Crippen molar-refractivity contribution < 1.29 is 23.9 Å². The minimum Gasteiger partial charge on any atom is -0.482 e. The number of esters is 1. The van der Waals surface area contributed by atoms with Gasteiger partial charge >= 0.3 is 12.0 Å². The first-order valence-corrected chi connectivity index (χ1v) is 7.54. The Balaban J connectivity index is 1.87. The molecule has 0 bridgehead atoms.